The third kappa shape index (κ3) is 5.25. The van der Waals surface area contributed by atoms with Crippen molar-refractivity contribution in [2.75, 3.05) is 43.6 Å². The SMILES string of the molecule is CS(=O)(=O)c1ccc(N2CCCN(S(=O)(=O)c3ccc(F)cc3)CC2)c(S(C)(=O)=O)c1. The fourth-order valence-corrected chi connectivity index (χ4v) is 6.52. The van der Waals surface area contributed by atoms with E-state index in [0.717, 1.165) is 30.7 Å². The van der Waals surface area contributed by atoms with Gasteiger partial charge in [-0.25, -0.2) is 29.6 Å². The maximum atomic E-state index is 13.2. The summed E-state index contributed by atoms with van der Waals surface area (Å²) in [5.41, 5.74) is 0.330. The molecule has 3 rings (SSSR count). The molecule has 12 heteroatoms. The van der Waals surface area contributed by atoms with E-state index in [1.807, 2.05) is 0 Å². The highest BCUT2D eigenvalue weighted by atomic mass is 32.2. The Morgan fingerprint density at radius 2 is 1.35 bits per heavy atom. The van der Waals surface area contributed by atoms with Gasteiger partial charge >= 0.3 is 0 Å². The Balaban J connectivity index is 1.91. The quantitative estimate of drug-likeness (QED) is 0.625. The average molecular weight is 491 g/mol. The maximum absolute atomic E-state index is 13.2. The molecule has 0 amide bonds. The van der Waals surface area contributed by atoms with Crippen molar-refractivity contribution >= 4 is 35.4 Å². The summed E-state index contributed by atoms with van der Waals surface area (Å²) >= 11 is 0. The molecule has 8 nitrogen and oxygen atoms in total. The lowest BCUT2D eigenvalue weighted by Gasteiger charge is -2.25. The predicted octanol–water partition coefficient (Wildman–Crippen LogP) is 1.53. The molecular formula is C19H23FN2O6S3. The first-order chi connectivity index (χ1) is 14.3. The highest BCUT2D eigenvalue weighted by Crippen LogP contribution is 2.30. The van der Waals surface area contributed by atoms with Gasteiger partial charge in [-0.2, -0.15) is 4.31 Å². The van der Waals surface area contributed by atoms with Crippen LogP contribution in [-0.4, -0.2) is 68.2 Å². The summed E-state index contributed by atoms with van der Waals surface area (Å²) in [6, 6.07) is 8.50. The van der Waals surface area contributed by atoms with Gasteiger partial charge in [0.25, 0.3) is 0 Å². The maximum Gasteiger partial charge on any atom is 0.243 e. The lowest BCUT2D eigenvalue weighted by Crippen LogP contribution is -2.35. The minimum absolute atomic E-state index is 0.0170. The Bertz CT molecular complexity index is 1290. The van der Waals surface area contributed by atoms with Crippen LogP contribution in [0.5, 0.6) is 0 Å². The lowest BCUT2D eigenvalue weighted by molar-refractivity contribution is 0.433. The number of benzene rings is 2. The Labute approximate surface area is 182 Å². The fraction of sp³-hybridized carbons (Fsp3) is 0.368. The number of sulfone groups is 2. The largest absolute Gasteiger partial charge is 0.369 e. The van der Waals surface area contributed by atoms with Crippen LogP contribution >= 0.6 is 0 Å². The zero-order valence-electron chi connectivity index (χ0n) is 17.0. The van der Waals surface area contributed by atoms with Crippen LogP contribution in [0.2, 0.25) is 0 Å². The number of rotatable bonds is 5. The molecule has 1 aliphatic heterocycles. The van der Waals surface area contributed by atoms with E-state index in [4.69, 9.17) is 0 Å². The molecule has 0 aliphatic carbocycles. The monoisotopic (exact) mass is 490 g/mol. The molecule has 2 aromatic rings. The van der Waals surface area contributed by atoms with E-state index in [0.29, 0.717) is 18.7 Å². The number of halogens is 1. The molecule has 0 bridgehead atoms. The zero-order valence-corrected chi connectivity index (χ0v) is 19.5. The number of hydrogen-bond donors (Lipinski definition) is 0. The van der Waals surface area contributed by atoms with Gasteiger partial charge in [0.1, 0.15) is 5.82 Å². The number of anilines is 1. The topological polar surface area (TPSA) is 109 Å². The second-order valence-corrected chi connectivity index (χ2v) is 13.3. The summed E-state index contributed by atoms with van der Waals surface area (Å²) in [5, 5.41) is 0. The fourth-order valence-electron chi connectivity index (χ4n) is 3.41. The summed E-state index contributed by atoms with van der Waals surface area (Å²) in [4.78, 5) is 1.50. The molecule has 31 heavy (non-hydrogen) atoms. The highest BCUT2D eigenvalue weighted by molar-refractivity contribution is 7.91. The molecule has 0 spiro atoms. The first kappa shape index (κ1) is 23.6. The van der Waals surface area contributed by atoms with Crippen molar-refractivity contribution in [3.8, 4) is 0 Å². The van der Waals surface area contributed by atoms with Crippen molar-refractivity contribution in [3.05, 3.63) is 48.3 Å². The average Bonchev–Trinajstić information content (AvgIpc) is 2.93. The van der Waals surface area contributed by atoms with Gasteiger partial charge in [-0.05, 0) is 48.9 Å². The van der Waals surface area contributed by atoms with Crippen LogP contribution in [0.15, 0.2) is 57.2 Å². The van der Waals surface area contributed by atoms with Crippen molar-refractivity contribution in [2.24, 2.45) is 0 Å². The first-order valence-electron chi connectivity index (χ1n) is 9.35. The Hall–Kier alpha value is -2.02. The van der Waals surface area contributed by atoms with Crippen molar-refractivity contribution in [3.63, 3.8) is 0 Å². The number of sulfonamides is 1. The van der Waals surface area contributed by atoms with Gasteiger partial charge in [0.2, 0.25) is 10.0 Å². The van der Waals surface area contributed by atoms with Crippen molar-refractivity contribution in [1.29, 1.82) is 0 Å². The molecule has 1 aliphatic rings. The molecule has 0 N–H and O–H groups in total. The molecular weight excluding hydrogens is 467 g/mol. The smallest absolute Gasteiger partial charge is 0.243 e. The van der Waals surface area contributed by atoms with Gasteiger partial charge in [-0.1, -0.05) is 0 Å². The van der Waals surface area contributed by atoms with Crippen LogP contribution in [0.1, 0.15) is 6.42 Å². The van der Waals surface area contributed by atoms with Crippen LogP contribution in [0.4, 0.5) is 10.1 Å². The molecule has 170 valence electrons. The van der Waals surface area contributed by atoms with E-state index in [9.17, 15) is 29.6 Å². The van der Waals surface area contributed by atoms with Crippen molar-refractivity contribution in [2.45, 2.75) is 21.1 Å². The second-order valence-electron chi connectivity index (χ2n) is 7.37. The third-order valence-electron chi connectivity index (χ3n) is 5.01. The first-order valence-corrected chi connectivity index (χ1v) is 14.6. The molecule has 0 unspecified atom stereocenters. The minimum Gasteiger partial charge on any atom is -0.369 e. The molecule has 1 saturated heterocycles. The summed E-state index contributed by atoms with van der Waals surface area (Å²) in [5.74, 6) is -0.535. The van der Waals surface area contributed by atoms with Crippen molar-refractivity contribution in [1.82, 2.24) is 4.31 Å². The normalized spacial score (nSPS) is 16.8. The van der Waals surface area contributed by atoms with Crippen LogP contribution < -0.4 is 4.90 Å². The van der Waals surface area contributed by atoms with E-state index < -0.39 is 35.5 Å². The Morgan fingerprint density at radius 3 is 1.94 bits per heavy atom. The summed E-state index contributed by atoms with van der Waals surface area (Å²) in [6.45, 7) is 0.903. The third-order valence-corrected chi connectivity index (χ3v) is 9.15. The van der Waals surface area contributed by atoms with E-state index in [-0.39, 0.29) is 34.3 Å². The van der Waals surface area contributed by atoms with E-state index in [1.54, 1.807) is 4.90 Å². The number of nitrogens with zero attached hydrogens (tertiary/aromatic N) is 2. The van der Waals surface area contributed by atoms with Gasteiger partial charge in [-0.3, -0.25) is 0 Å². The molecule has 1 fully saturated rings. The summed E-state index contributed by atoms with van der Waals surface area (Å²) < 4.78 is 88.6. The summed E-state index contributed by atoms with van der Waals surface area (Å²) in [7, 11) is -11.2. The molecule has 0 saturated carbocycles. The summed E-state index contributed by atoms with van der Waals surface area (Å²) in [6.07, 6.45) is 2.43. The Morgan fingerprint density at radius 1 is 0.742 bits per heavy atom. The van der Waals surface area contributed by atoms with E-state index in [1.165, 1.54) is 28.6 Å². The minimum atomic E-state index is -3.83. The Kier molecular flexibility index (Phi) is 6.47. The predicted molar refractivity (Wildman–Crippen MR) is 115 cm³/mol. The molecule has 0 aromatic heterocycles. The van der Waals surface area contributed by atoms with E-state index >= 15 is 0 Å². The van der Waals surface area contributed by atoms with Gasteiger partial charge in [0.05, 0.1) is 20.4 Å². The van der Waals surface area contributed by atoms with Gasteiger partial charge in [0, 0.05) is 38.7 Å². The standard InChI is InChI=1S/C19H23FN2O6S3/c1-29(23,24)17-8-9-18(19(14-17)30(2,25)26)21-10-3-11-22(13-12-21)31(27,28)16-6-4-15(20)5-7-16/h4-9,14H,3,10-13H2,1-2H3. The van der Waals surface area contributed by atoms with Crippen LogP contribution in [0.3, 0.4) is 0 Å². The zero-order chi connectivity index (χ0) is 23.0. The molecule has 0 atom stereocenters. The van der Waals surface area contributed by atoms with Crippen molar-refractivity contribution < 1.29 is 29.6 Å². The molecule has 0 radical (unpaired) electrons. The van der Waals surface area contributed by atoms with Crippen LogP contribution in [-0.2, 0) is 29.7 Å². The van der Waals surface area contributed by atoms with Gasteiger partial charge in [0.15, 0.2) is 19.7 Å². The number of hydrogen-bond acceptors (Lipinski definition) is 7. The van der Waals surface area contributed by atoms with Crippen LogP contribution in [0.25, 0.3) is 0 Å². The van der Waals surface area contributed by atoms with Gasteiger partial charge in [-0.15, -0.1) is 0 Å². The van der Waals surface area contributed by atoms with Gasteiger partial charge < -0.3 is 4.90 Å². The van der Waals surface area contributed by atoms with Crippen LogP contribution in [0, 0.1) is 5.82 Å². The lowest BCUT2D eigenvalue weighted by atomic mass is 10.2. The van der Waals surface area contributed by atoms with E-state index in [2.05, 4.69) is 0 Å². The second kappa shape index (κ2) is 8.49. The highest BCUT2D eigenvalue weighted by Gasteiger charge is 2.29. The molecule has 1 heterocycles. The molecule has 2 aromatic carbocycles.